The summed E-state index contributed by atoms with van der Waals surface area (Å²) in [5.41, 5.74) is 0.465. The highest BCUT2D eigenvalue weighted by Gasteiger charge is 2.18. The first-order valence-electron chi connectivity index (χ1n) is 5.06. The van der Waals surface area contributed by atoms with Crippen molar-refractivity contribution in [2.45, 2.75) is 13.0 Å². The Kier molecular flexibility index (Phi) is 3.14. The van der Waals surface area contributed by atoms with Crippen LogP contribution in [-0.2, 0) is 9.53 Å². The van der Waals surface area contributed by atoms with Gasteiger partial charge in [-0.15, -0.1) is 11.3 Å². The van der Waals surface area contributed by atoms with Gasteiger partial charge >= 0.3 is 5.97 Å². The van der Waals surface area contributed by atoms with Crippen LogP contribution < -0.4 is 5.56 Å². The van der Waals surface area contributed by atoms with Crippen LogP contribution >= 0.6 is 11.3 Å². The minimum Gasteiger partial charge on any atom is -0.467 e. The monoisotopic (exact) mass is 252 g/mol. The van der Waals surface area contributed by atoms with Gasteiger partial charge in [-0.05, 0) is 18.4 Å². The molecule has 0 spiro atoms. The molecule has 0 fully saturated rings. The number of carbonyl (C=O) groups is 1. The van der Waals surface area contributed by atoms with E-state index in [0.717, 1.165) is 4.88 Å². The molecule has 0 aliphatic heterocycles. The lowest BCUT2D eigenvalue weighted by atomic mass is 10.3. The van der Waals surface area contributed by atoms with Gasteiger partial charge in [0.15, 0.2) is 0 Å². The van der Waals surface area contributed by atoms with Crippen molar-refractivity contribution in [3.05, 3.63) is 33.9 Å². The van der Waals surface area contributed by atoms with Gasteiger partial charge in [0, 0.05) is 6.07 Å². The summed E-state index contributed by atoms with van der Waals surface area (Å²) in [4.78, 5) is 24.0. The number of H-pyrrole nitrogens is 1. The van der Waals surface area contributed by atoms with Gasteiger partial charge < -0.3 is 4.74 Å². The lowest BCUT2D eigenvalue weighted by molar-refractivity contribution is -0.144. The fourth-order valence-electron chi connectivity index (χ4n) is 1.53. The first kappa shape index (κ1) is 11.7. The number of carbonyl (C=O) groups excluding carboxylic acids is 1. The topological polar surface area (TPSA) is 64.1 Å². The Labute approximate surface area is 102 Å². The molecule has 2 heterocycles. The van der Waals surface area contributed by atoms with Crippen LogP contribution in [-0.4, -0.2) is 22.9 Å². The van der Waals surface area contributed by atoms with E-state index in [2.05, 4.69) is 9.84 Å². The van der Waals surface area contributed by atoms with E-state index in [1.165, 1.54) is 29.2 Å². The molecular formula is C11H12N2O3S. The average Bonchev–Trinajstić information content (AvgIpc) is 2.95. The SMILES string of the molecule is COC(=O)[C@H](C)n1[nH]c(-c2cccs2)cc1=O. The van der Waals surface area contributed by atoms with Crippen LogP contribution in [0.3, 0.4) is 0 Å². The average molecular weight is 252 g/mol. The largest absolute Gasteiger partial charge is 0.467 e. The molecule has 2 rings (SSSR count). The quantitative estimate of drug-likeness (QED) is 0.844. The van der Waals surface area contributed by atoms with E-state index in [4.69, 9.17) is 0 Å². The smallest absolute Gasteiger partial charge is 0.330 e. The molecule has 0 aliphatic carbocycles. The molecule has 5 nitrogen and oxygen atoms in total. The Morgan fingerprint density at radius 2 is 2.35 bits per heavy atom. The zero-order valence-electron chi connectivity index (χ0n) is 9.47. The Balaban J connectivity index is 2.38. The van der Waals surface area contributed by atoms with Gasteiger partial charge in [-0.2, -0.15) is 0 Å². The van der Waals surface area contributed by atoms with Crippen molar-refractivity contribution in [1.82, 2.24) is 9.78 Å². The van der Waals surface area contributed by atoms with E-state index in [-0.39, 0.29) is 5.56 Å². The Morgan fingerprint density at radius 1 is 1.59 bits per heavy atom. The van der Waals surface area contributed by atoms with Crippen molar-refractivity contribution in [2.75, 3.05) is 7.11 Å². The highest BCUT2D eigenvalue weighted by molar-refractivity contribution is 7.13. The summed E-state index contributed by atoms with van der Waals surface area (Å²) in [7, 11) is 1.30. The lowest BCUT2D eigenvalue weighted by Crippen LogP contribution is -2.26. The predicted molar refractivity (Wildman–Crippen MR) is 65.1 cm³/mol. The summed E-state index contributed by atoms with van der Waals surface area (Å²) in [6, 6.07) is 4.63. The zero-order chi connectivity index (χ0) is 12.4. The summed E-state index contributed by atoms with van der Waals surface area (Å²) in [5, 5.41) is 4.84. The fourth-order valence-corrected chi connectivity index (χ4v) is 2.22. The van der Waals surface area contributed by atoms with Crippen LogP contribution in [0.15, 0.2) is 28.4 Å². The predicted octanol–water partition coefficient (Wildman–Crippen LogP) is 1.64. The first-order chi connectivity index (χ1) is 8.13. The third-order valence-corrected chi connectivity index (χ3v) is 3.37. The van der Waals surface area contributed by atoms with Crippen LogP contribution in [0, 0.1) is 0 Å². The van der Waals surface area contributed by atoms with Crippen molar-refractivity contribution in [3.8, 4) is 10.6 Å². The molecule has 0 saturated carbocycles. The molecule has 0 aromatic carbocycles. The molecule has 2 aromatic heterocycles. The van der Waals surface area contributed by atoms with E-state index in [9.17, 15) is 9.59 Å². The molecule has 1 atom stereocenters. The van der Waals surface area contributed by atoms with Gasteiger partial charge in [0.05, 0.1) is 17.7 Å². The van der Waals surface area contributed by atoms with Gasteiger partial charge in [-0.3, -0.25) is 9.89 Å². The number of thiophene rings is 1. The number of nitrogens with one attached hydrogen (secondary N) is 1. The third kappa shape index (κ3) is 2.16. The summed E-state index contributed by atoms with van der Waals surface area (Å²) >= 11 is 1.52. The maximum Gasteiger partial charge on any atom is 0.330 e. The number of rotatable bonds is 3. The van der Waals surface area contributed by atoms with E-state index in [1.54, 1.807) is 6.92 Å². The standard InChI is InChI=1S/C11H12N2O3S/c1-7(11(15)16-2)13-10(14)6-8(12-13)9-4-3-5-17-9/h3-7,12H,1-2H3/t7-/m0/s1. The molecule has 0 aliphatic rings. The molecule has 0 radical (unpaired) electrons. The molecule has 17 heavy (non-hydrogen) atoms. The Morgan fingerprint density at radius 3 is 2.94 bits per heavy atom. The lowest BCUT2D eigenvalue weighted by Gasteiger charge is -2.09. The van der Waals surface area contributed by atoms with Crippen molar-refractivity contribution in [3.63, 3.8) is 0 Å². The van der Waals surface area contributed by atoms with E-state index in [1.807, 2.05) is 17.5 Å². The number of aromatic amines is 1. The minimum absolute atomic E-state index is 0.244. The molecule has 6 heteroatoms. The van der Waals surface area contributed by atoms with Gasteiger partial charge in [-0.1, -0.05) is 6.07 Å². The maximum absolute atomic E-state index is 11.7. The number of nitrogens with zero attached hydrogens (tertiary/aromatic N) is 1. The van der Waals surface area contributed by atoms with Crippen LogP contribution in [0.5, 0.6) is 0 Å². The number of methoxy groups -OCH3 is 1. The number of hydrogen-bond donors (Lipinski definition) is 1. The van der Waals surface area contributed by atoms with Gasteiger partial charge in [-0.25, -0.2) is 9.48 Å². The highest BCUT2D eigenvalue weighted by Crippen LogP contribution is 2.21. The Bertz CT molecular complexity index is 568. The zero-order valence-corrected chi connectivity index (χ0v) is 10.3. The summed E-state index contributed by atoms with van der Waals surface area (Å²) in [6.45, 7) is 1.61. The van der Waals surface area contributed by atoms with Crippen molar-refractivity contribution < 1.29 is 9.53 Å². The second kappa shape index (κ2) is 4.58. The van der Waals surface area contributed by atoms with E-state index in [0.29, 0.717) is 5.69 Å². The third-order valence-electron chi connectivity index (χ3n) is 2.46. The highest BCUT2D eigenvalue weighted by atomic mass is 32.1. The second-order valence-electron chi connectivity index (χ2n) is 3.55. The molecule has 1 N–H and O–H groups in total. The molecule has 0 amide bonds. The second-order valence-corrected chi connectivity index (χ2v) is 4.50. The summed E-state index contributed by atoms with van der Waals surface area (Å²) < 4.78 is 5.87. The molecule has 2 aromatic rings. The molecular weight excluding hydrogens is 240 g/mol. The molecule has 0 bridgehead atoms. The van der Waals surface area contributed by atoms with Crippen LogP contribution in [0.1, 0.15) is 13.0 Å². The number of ether oxygens (including phenoxy) is 1. The van der Waals surface area contributed by atoms with E-state index < -0.39 is 12.0 Å². The number of hydrogen-bond acceptors (Lipinski definition) is 4. The summed E-state index contributed by atoms with van der Waals surface area (Å²) in [5.74, 6) is -0.452. The van der Waals surface area contributed by atoms with Gasteiger partial charge in [0.1, 0.15) is 6.04 Å². The Hall–Kier alpha value is -1.82. The molecule has 0 saturated heterocycles. The summed E-state index contributed by atoms with van der Waals surface area (Å²) in [6.07, 6.45) is 0. The van der Waals surface area contributed by atoms with Gasteiger partial charge in [0.2, 0.25) is 0 Å². The van der Waals surface area contributed by atoms with Crippen molar-refractivity contribution in [1.29, 1.82) is 0 Å². The van der Waals surface area contributed by atoms with E-state index >= 15 is 0 Å². The van der Waals surface area contributed by atoms with Crippen LogP contribution in [0.2, 0.25) is 0 Å². The van der Waals surface area contributed by atoms with Crippen LogP contribution in [0.4, 0.5) is 0 Å². The van der Waals surface area contributed by atoms with Gasteiger partial charge in [0.25, 0.3) is 5.56 Å². The van der Waals surface area contributed by atoms with Crippen molar-refractivity contribution >= 4 is 17.3 Å². The maximum atomic E-state index is 11.7. The molecule has 90 valence electrons. The fraction of sp³-hybridized carbons (Fsp3) is 0.273. The number of aromatic nitrogens is 2. The van der Waals surface area contributed by atoms with Crippen molar-refractivity contribution in [2.24, 2.45) is 0 Å². The minimum atomic E-state index is -0.652. The number of esters is 1. The normalized spacial score (nSPS) is 12.4. The molecule has 0 unspecified atom stereocenters. The first-order valence-corrected chi connectivity index (χ1v) is 5.94. The van der Waals surface area contributed by atoms with Crippen LogP contribution in [0.25, 0.3) is 10.6 Å².